The molecule has 0 spiro atoms. The van der Waals surface area contributed by atoms with E-state index in [1.807, 2.05) is 0 Å². The van der Waals surface area contributed by atoms with Gasteiger partial charge in [0.15, 0.2) is 11.5 Å². The molecule has 1 aliphatic rings. The monoisotopic (exact) mass is 273 g/mol. The number of nitrogens with one attached hydrogen (secondary N) is 1. The molecule has 2 rings (SSSR count). The van der Waals surface area contributed by atoms with Crippen LogP contribution in [0, 0.1) is 0 Å². The van der Waals surface area contributed by atoms with Crippen molar-refractivity contribution in [3.63, 3.8) is 0 Å². The van der Waals surface area contributed by atoms with Gasteiger partial charge in [0.05, 0.1) is 13.5 Å². The number of amides is 2. The Balaban J connectivity index is 2.44. The summed E-state index contributed by atoms with van der Waals surface area (Å²) in [6.07, 6.45) is 3.83. The Hall–Kier alpha value is -2.56. The molecule has 0 aliphatic carbocycles. The van der Waals surface area contributed by atoms with Gasteiger partial charge in [0.2, 0.25) is 5.91 Å². The fourth-order valence-electron chi connectivity index (χ4n) is 2.06. The van der Waals surface area contributed by atoms with Crippen LogP contribution in [0.4, 0.5) is 0 Å². The van der Waals surface area contributed by atoms with Gasteiger partial charge in [-0.3, -0.25) is 14.9 Å². The Labute approximate surface area is 116 Å². The van der Waals surface area contributed by atoms with Crippen molar-refractivity contribution in [3.05, 3.63) is 41.5 Å². The number of hydrogen-bond acceptors (Lipinski definition) is 4. The van der Waals surface area contributed by atoms with Gasteiger partial charge < -0.3 is 9.84 Å². The quantitative estimate of drug-likeness (QED) is 0.496. The summed E-state index contributed by atoms with van der Waals surface area (Å²) in [6, 6.07) is 3.35. The molecule has 0 saturated carbocycles. The van der Waals surface area contributed by atoms with Crippen LogP contribution in [0.5, 0.6) is 11.5 Å². The van der Waals surface area contributed by atoms with Crippen LogP contribution in [0.3, 0.4) is 0 Å². The highest BCUT2D eigenvalue weighted by atomic mass is 16.5. The number of phenolic OH excluding ortho intramolecular Hbond substituents is 1. The molecule has 2 amide bonds. The molecule has 5 heteroatoms. The zero-order valence-corrected chi connectivity index (χ0v) is 11.1. The number of allylic oxidation sites excluding steroid dienone is 1. The number of benzene rings is 1. The number of ether oxygens (including phenoxy) is 1. The van der Waals surface area contributed by atoms with E-state index in [0.29, 0.717) is 28.9 Å². The van der Waals surface area contributed by atoms with Gasteiger partial charge in [0.25, 0.3) is 5.91 Å². The number of methoxy groups -OCH3 is 1. The largest absolute Gasteiger partial charge is 0.504 e. The number of carbonyl (C=O) groups is 2. The van der Waals surface area contributed by atoms with E-state index in [2.05, 4.69) is 11.9 Å². The summed E-state index contributed by atoms with van der Waals surface area (Å²) in [5.74, 6) is -0.312. The first-order valence-electron chi connectivity index (χ1n) is 6.10. The molecule has 0 radical (unpaired) electrons. The normalized spacial score (nSPS) is 16.4. The zero-order valence-electron chi connectivity index (χ0n) is 11.1. The van der Waals surface area contributed by atoms with E-state index in [1.165, 1.54) is 7.11 Å². The highest BCUT2D eigenvalue weighted by molar-refractivity contribution is 6.15. The lowest BCUT2D eigenvalue weighted by Crippen LogP contribution is -2.19. The van der Waals surface area contributed by atoms with Gasteiger partial charge in [-0.05, 0) is 30.2 Å². The van der Waals surface area contributed by atoms with E-state index in [0.717, 1.165) is 0 Å². The number of phenols is 1. The standard InChI is InChI=1S/C15H15NO4/c1-3-4-10-5-9(7-12(20-2)14(10)18)6-11-8-13(17)16-15(11)19/h3,5-7,18H,1,4,8H2,2H3,(H,16,17,19)/b11-6-. The molecular weight excluding hydrogens is 258 g/mol. The van der Waals surface area contributed by atoms with Crippen molar-refractivity contribution in [1.29, 1.82) is 0 Å². The fourth-order valence-corrected chi connectivity index (χ4v) is 2.06. The first kappa shape index (κ1) is 13.9. The van der Waals surface area contributed by atoms with Crippen LogP contribution >= 0.6 is 0 Å². The van der Waals surface area contributed by atoms with Crippen molar-refractivity contribution >= 4 is 17.9 Å². The lowest BCUT2D eigenvalue weighted by atomic mass is 10.0. The van der Waals surface area contributed by atoms with Gasteiger partial charge in [0, 0.05) is 11.1 Å². The van der Waals surface area contributed by atoms with Crippen molar-refractivity contribution in [2.45, 2.75) is 12.8 Å². The Morgan fingerprint density at radius 3 is 2.75 bits per heavy atom. The minimum atomic E-state index is -0.382. The van der Waals surface area contributed by atoms with E-state index in [9.17, 15) is 14.7 Å². The van der Waals surface area contributed by atoms with Crippen LogP contribution in [0.15, 0.2) is 30.4 Å². The van der Waals surface area contributed by atoms with E-state index in [-0.39, 0.29) is 24.0 Å². The van der Waals surface area contributed by atoms with Gasteiger partial charge in [0.1, 0.15) is 0 Å². The fraction of sp³-hybridized carbons (Fsp3) is 0.200. The molecule has 5 nitrogen and oxygen atoms in total. The molecule has 2 N–H and O–H groups in total. The maximum Gasteiger partial charge on any atom is 0.254 e. The SMILES string of the molecule is C=CCc1cc(/C=C2/CC(=O)NC2=O)cc(OC)c1O. The zero-order chi connectivity index (χ0) is 14.7. The molecule has 1 heterocycles. The average Bonchev–Trinajstić information content (AvgIpc) is 2.71. The Morgan fingerprint density at radius 1 is 1.45 bits per heavy atom. The molecule has 0 atom stereocenters. The second-order valence-electron chi connectivity index (χ2n) is 4.45. The van der Waals surface area contributed by atoms with Gasteiger partial charge in [-0.2, -0.15) is 0 Å². The number of aromatic hydroxyl groups is 1. The summed E-state index contributed by atoms with van der Waals surface area (Å²) in [4.78, 5) is 22.7. The molecule has 1 aliphatic heterocycles. The number of hydrogen-bond donors (Lipinski definition) is 2. The second kappa shape index (κ2) is 5.61. The minimum absolute atomic E-state index is 0.0569. The first-order valence-corrected chi connectivity index (χ1v) is 6.10. The summed E-state index contributed by atoms with van der Waals surface area (Å²) in [7, 11) is 1.45. The number of imide groups is 1. The van der Waals surface area contributed by atoms with Crippen molar-refractivity contribution < 1.29 is 19.4 Å². The van der Waals surface area contributed by atoms with Crippen LogP contribution in [-0.2, 0) is 16.0 Å². The van der Waals surface area contributed by atoms with Crippen LogP contribution in [-0.4, -0.2) is 24.0 Å². The van der Waals surface area contributed by atoms with Gasteiger partial charge in [-0.1, -0.05) is 6.08 Å². The van der Waals surface area contributed by atoms with Gasteiger partial charge in [-0.15, -0.1) is 6.58 Å². The summed E-state index contributed by atoms with van der Waals surface area (Å²) < 4.78 is 5.10. The second-order valence-corrected chi connectivity index (χ2v) is 4.45. The third-order valence-electron chi connectivity index (χ3n) is 3.00. The molecule has 0 unspecified atom stereocenters. The van der Waals surface area contributed by atoms with E-state index < -0.39 is 0 Å². The molecule has 1 fully saturated rings. The van der Waals surface area contributed by atoms with Crippen LogP contribution in [0.25, 0.3) is 6.08 Å². The molecule has 0 bridgehead atoms. The van der Waals surface area contributed by atoms with Gasteiger partial charge >= 0.3 is 0 Å². The molecule has 1 saturated heterocycles. The Bertz CT molecular complexity index is 617. The lowest BCUT2D eigenvalue weighted by molar-refractivity contribution is -0.124. The molecular formula is C15H15NO4. The molecule has 1 aromatic carbocycles. The van der Waals surface area contributed by atoms with E-state index in [1.54, 1.807) is 24.3 Å². The molecule has 0 aromatic heterocycles. The Kier molecular flexibility index (Phi) is 3.89. The van der Waals surface area contributed by atoms with Crippen molar-refractivity contribution in [2.75, 3.05) is 7.11 Å². The van der Waals surface area contributed by atoms with Crippen molar-refractivity contribution in [2.24, 2.45) is 0 Å². The molecule has 20 heavy (non-hydrogen) atoms. The van der Waals surface area contributed by atoms with Crippen LogP contribution < -0.4 is 10.1 Å². The van der Waals surface area contributed by atoms with Gasteiger partial charge in [-0.25, -0.2) is 0 Å². The third-order valence-corrected chi connectivity index (χ3v) is 3.00. The highest BCUT2D eigenvalue weighted by Gasteiger charge is 2.23. The maximum atomic E-state index is 11.5. The lowest BCUT2D eigenvalue weighted by Gasteiger charge is -2.09. The summed E-state index contributed by atoms with van der Waals surface area (Å²) in [5, 5.41) is 12.2. The minimum Gasteiger partial charge on any atom is -0.504 e. The average molecular weight is 273 g/mol. The van der Waals surface area contributed by atoms with Crippen molar-refractivity contribution in [1.82, 2.24) is 5.32 Å². The van der Waals surface area contributed by atoms with Crippen LogP contribution in [0.1, 0.15) is 17.5 Å². The maximum absolute atomic E-state index is 11.5. The van der Waals surface area contributed by atoms with E-state index in [4.69, 9.17) is 4.74 Å². The highest BCUT2D eigenvalue weighted by Crippen LogP contribution is 2.33. The predicted molar refractivity (Wildman–Crippen MR) is 74.3 cm³/mol. The Morgan fingerprint density at radius 2 is 2.20 bits per heavy atom. The molecule has 104 valence electrons. The topological polar surface area (TPSA) is 75.6 Å². The summed E-state index contributed by atoms with van der Waals surface area (Å²) in [6.45, 7) is 3.63. The number of rotatable bonds is 4. The van der Waals surface area contributed by atoms with Crippen molar-refractivity contribution in [3.8, 4) is 11.5 Å². The summed E-state index contributed by atoms with van der Waals surface area (Å²) >= 11 is 0. The summed E-state index contributed by atoms with van der Waals surface area (Å²) in [5.41, 5.74) is 1.74. The predicted octanol–water partition coefficient (Wildman–Crippen LogP) is 1.56. The first-order chi connectivity index (χ1) is 9.55. The third kappa shape index (κ3) is 2.71. The molecule has 1 aromatic rings. The van der Waals surface area contributed by atoms with E-state index >= 15 is 0 Å². The number of carbonyl (C=O) groups excluding carboxylic acids is 2. The van der Waals surface area contributed by atoms with Crippen LogP contribution in [0.2, 0.25) is 0 Å². The smallest absolute Gasteiger partial charge is 0.254 e.